The van der Waals surface area contributed by atoms with Crippen LogP contribution in [0, 0.1) is 11.8 Å². The lowest BCUT2D eigenvalue weighted by Gasteiger charge is -2.12. The molecule has 3 heteroatoms. The molecular formula is C27H22O3. The number of hydrogen-bond donors (Lipinski definition) is 2. The first kappa shape index (κ1) is 19.4. The van der Waals surface area contributed by atoms with Gasteiger partial charge in [-0.25, -0.2) is 0 Å². The van der Waals surface area contributed by atoms with E-state index in [4.69, 9.17) is 4.74 Å². The molecule has 0 heterocycles. The Labute approximate surface area is 176 Å². The molecule has 4 aromatic carbocycles. The van der Waals surface area contributed by atoms with E-state index in [0.29, 0.717) is 23.8 Å². The fraction of sp³-hybridized carbons (Fsp3) is 0.111. The summed E-state index contributed by atoms with van der Waals surface area (Å²) in [5, 5.41) is 22.8. The zero-order chi connectivity index (χ0) is 20.9. The fourth-order valence-corrected chi connectivity index (χ4v) is 3.45. The highest BCUT2D eigenvalue weighted by Gasteiger charge is 2.13. The van der Waals surface area contributed by atoms with Crippen LogP contribution in [0.1, 0.15) is 22.3 Å². The summed E-state index contributed by atoms with van der Waals surface area (Å²) in [6.45, 7) is 0. The van der Waals surface area contributed by atoms with E-state index >= 15 is 0 Å². The van der Waals surface area contributed by atoms with Crippen LogP contribution in [0.15, 0.2) is 78.9 Å². The lowest BCUT2D eigenvalue weighted by molar-refractivity contribution is 0.414. The Morgan fingerprint density at radius 2 is 1.60 bits per heavy atom. The van der Waals surface area contributed by atoms with Gasteiger partial charge in [-0.1, -0.05) is 60.4 Å². The molecule has 0 amide bonds. The molecule has 0 saturated heterocycles. The molecule has 148 valence electrons. The first-order valence-electron chi connectivity index (χ1n) is 9.77. The first-order valence-corrected chi connectivity index (χ1v) is 9.77. The summed E-state index contributed by atoms with van der Waals surface area (Å²) in [6.07, 6.45) is 1.09. The topological polar surface area (TPSA) is 49.7 Å². The van der Waals surface area contributed by atoms with Crippen LogP contribution in [-0.2, 0) is 12.8 Å². The first-order chi connectivity index (χ1) is 14.6. The van der Waals surface area contributed by atoms with Gasteiger partial charge in [0.25, 0.3) is 0 Å². The molecule has 0 aliphatic heterocycles. The molecule has 4 aromatic rings. The van der Waals surface area contributed by atoms with E-state index in [2.05, 4.69) is 24.0 Å². The van der Waals surface area contributed by atoms with Crippen LogP contribution in [0.2, 0.25) is 0 Å². The van der Waals surface area contributed by atoms with Crippen molar-refractivity contribution in [2.45, 2.75) is 12.8 Å². The summed E-state index contributed by atoms with van der Waals surface area (Å²) in [5.41, 5.74) is 3.47. The van der Waals surface area contributed by atoms with Crippen molar-refractivity contribution >= 4 is 10.8 Å². The molecular weight excluding hydrogens is 372 g/mol. The normalized spacial score (nSPS) is 10.4. The van der Waals surface area contributed by atoms with Gasteiger partial charge >= 0.3 is 0 Å². The third-order valence-corrected chi connectivity index (χ3v) is 5.10. The molecule has 3 nitrogen and oxygen atoms in total. The number of phenolic OH excluding ortho intramolecular Hbond substituents is 2. The van der Waals surface area contributed by atoms with Gasteiger partial charge in [-0.2, -0.15) is 0 Å². The average Bonchev–Trinajstić information content (AvgIpc) is 2.78. The highest BCUT2D eigenvalue weighted by molar-refractivity contribution is 5.92. The minimum absolute atomic E-state index is 0.0822. The lowest BCUT2D eigenvalue weighted by atomic mass is 9.97. The summed E-state index contributed by atoms with van der Waals surface area (Å²) in [7, 11) is 1.62. The summed E-state index contributed by atoms with van der Waals surface area (Å²) in [4.78, 5) is 0. The Hall–Kier alpha value is -3.90. The van der Waals surface area contributed by atoms with Crippen LogP contribution in [0.25, 0.3) is 10.8 Å². The number of fused-ring (bicyclic) bond motifs is 1. The summed E-state index contributed by atoms with van der Waals surface area (Å²) in [6, 6.07) is 25.0. The maximum Gasteiger partial charge on any atom is 0.130 e. The maximum atomic E-state index is 10.9. The molecule has 2 N–H and O–H groups in total. The highest BCUT2D eigenvalue weighted by atomic mass is 16.5. The van der Waals surface area contributed by atoms with Crippen molar-refractivity contribution in [3.05, 3.63) is 101 Å². The number of aromatic hydroxyl groups is 2. The maximum absolute atomic E-state index is 10.9. The van der Waals surface area contributed by atoms with Crippen molar-refractivity contribution in [3.8, 4) is 29.1 Å². The Bertz CT molecular complexity index is 1230. The van der Waals surface area contributed by atoms with E-state index < -0.39 is 0 Å². The quantitative estimate of drug-likeness (QED) is 0.453. The van der Waals surface area contributed by atoms with Gasteiger partial charge in [0.1, 0.15) is 17.2 Å². The van der Waals surface area contributed by atoms with E-state index in [1.807, 2.05) is 60.7 Å². The van der Waals surface area contributed by atoms with Crippen molar-refractivity contribution in [3.63, 3.8) is 0 Å². The molecule has 0 unspecified atom stereocenters. The fourth-order valence-electron chi connectivity index (χ4n) is 3.45. The van der Waals surface area contributed by atoms with Crippen molar-refractivity contribution < 1.29 is 14.9 Å². The van der Waals surface area contributed by atoms with Gasteiger partial charge < -0.3 is 14.9 Å². The van der Waals surface area contributed by atoms with Crippen LogP contribution < -0.4 is 4.74 Å². The van der Waals surface area contributed by atoms with E-state index in [0.717, 1.165) is 22.3 Å². The monoisotopic (exact) mass is 394 g/mol. The minimum Gasteiger partial charge on any atom is -0.507 e. The molecule has 0 radical (unpaired) electrons. The number of hydrogen-bond acceptors (Lipinski definition) is 3. The third kappa shape index (κ3) is 4.24. The summed E-state index contributed by atoms with van der Waals surface area (Å²) < 4.78 is 5.19. The number of methoxy groups -OCH3 is 1. The van der Waals surface area contributed by atoms with E-state index in [9.17, 15) is 10.2 Å². The summed E-state index contributed by atoms with van der Waals surface area (Å²) in [5.74, 6) is 7.30. The van der Waals surface area contributed by atoms with Crippen molar-refractivity contribution in [1.29, 1.82) is 0 Å². The van der Waals surface area contributed by atoms with Gasteiger partial charge in [0.15, 0.2) is 0 Å². The zero-order valence-corrected chi connectivity index (χ0v) is 16.7. The molecule has 4 rings (SSSR count). The van der Waals surface area contributed by atoms with Gasteiger partial charge in [-0.3, -0.25) is 0 Å². The Morgan fingerprint density at radius 1 is 0.833 bits per heavy atom. The van der Waals surface area contributed by atoms with Crippen molar-refractivity contribution in [2.24, 2.45) is 0 Å². The Kier molecular flexibility index (Phi) is 5.59. The van der Waals surface area contributed by atoms with Crippen molar-refractivity contribution in [2.75, 3.05) is 7.11 Å². The smallest absolute Gasteiger partial charge is 0.130 e. The van der Waals surface area contributed by atoms with Gasteiger partial charge in [0.05, 0.1) is 7.11 Å². The molecule has 0 saturated carbocycles. The minimum atomic E-state index is 0.0822. The molecule has 30 heavy (non-hydrogen) atoms. The Balaban J connectivity index is 1.64. The molecule has 0 spiro atoms. The second kappa shape index (κ2) is 8.63. The molecule has 0 aliphatic rings. The second-order valence-corrected chi connectivity index (χ2v) is 7.15. The number of rotatable bonds is 4. The second-order valence-electron chi connectivity index (χ2n) is 7.15. The lowest BCUT2D eigenvalue weighted by Crippen LogP contribution is -1.92. The molecule has 0 fully saturated rings. The Morgan fingerprint density at radius 3 is 2.33 bits per heavy atom. The van der Waals surface area contributed by atoms with Crippen LogP contribution in [0.3, 0.4) is 0 Å². The molecule has 0 atom stereocenters. The predicted octanol–water partition coefficient (Wildman–Crippen LogP) is 5.44. The van der Waals surface area contributed by atoms with E-state index in [1.54, 1.807) is 13.2 Å². The standard InChI is InChI=1S/C27H22O3/c1-30-23-14-11-21(12-15-23)17-25-26(28)18-22-13-10-20(16-24(22)27(25)29)9-5-8-19-6-3-2-4-7-19/h2-4,6-7,10-16,18,28-29H,8,17H2,1H3. The predicted molar refractivity (Wildman–Crippen MR) is 120 cm³/mol. The van der Waals surface area contributed by atoms with E-state index in [-0.39, 0.29) is 11.5 Å². The van der Waals surface area contributed by atoms with E-state index in [1.165, 1.54) is 5.56 Å². The molecule has 0 aromatic heterocycles. The number of phenols is 2. The van der Waals surface area contributed by atoms with Gasteiger partial charge in [-0.05, 0) is 46.8 Å². The number of ether oxygens (including phenoxy) is 1. The highest BCUT2D eigenvalue weighted by Crippen LogP contribution is 2.37. The SMILES string of the molecule is COc1ccc(Cc2c(O)cc3ccc(C#CCc4ccccc4)cc3c2O)cc1. The van der Waals surface area contributed by atoms with Crippen LogP contribution in [-0.4, -0.2) is 17.3 Å². The zero-order valence-electron chi connectivity index (χ0n) is 16.7. The van der Waals surface area contributed by atoms with Crippen LogP contribution >= 0.6 is 0 Å². The van der Waals surface area contributed by atoms with Gasteiger partial charge in [0.2, 0.25) is 0 Å². The van der Waals surface area contributed by atoms with Crippen LogP contribution in [0.5, 0.6) is 17.2 Å². The van der Waals surface area contributed by atoms with Crippen LogP contribution in [0.4, 0.5) is 0 Å². The third-order valence-electron chi connectivity index (χ3n) is 5.10. The number of benzene rings is 4. The average molecular weight is 394 g/mol. The van der Waals surface area contributed by atoms with Gasteiger partial charge in [-0.15, -0.1) is 0 Å². The molecule has 0 bridgehead atoms. The summed E-state index contributed by atoms with van der Waals surface area (Å²) >= 11 is 0. The molecule has 0 aliphatic carbocycles. The van der Waals surface area contributed by atoms with Crippen molar-refractivity contribution in [1.82, 2.24) is 0 Å². The largest absolute Gasteiger partial charge is 0.507 e. The van der Waals surface area contributed by atoms with Gasteiger partial charge in [0, 0.05) is 29.4 Å².